The Hall–Kier alpha value is -3.35. The van der Waals surface area contributed by atoms with Crippen molar-refractivity contribution in [3.05, 3.63) is 47.8 Å². The maximum Gasteiger partial charge on any atom is 0.260 e. The van der Waals surface area contributed by atoms with Crippen molar-refractivity contribution in [3.63, 3.8) is 0 Å². The number of ether oxygens (including phenoxy) is 1. The molecule has 2 aliphatic rings. The highest BCUT2D eigenvalue weighted by molar-refractivity contribution is 5.99. The number of rotatable bonds is 6. The predicted octanol–water partition coefficient (Wildman–Crippen LogP) is 4.39. The molecule has 212 valence electrons. The minimum atomic E-state index is -2.72. The summed E-state index contributed by atoms with van der Waals surface area (Å²) in [5.41, 5.74) is 3.09. The maximum absolute atomic E-state index is 15.1. The minimum Gasteiger partial charge on any atom is -0.389 e. The second kappa shape index (κ2) is 10.6. The summed E-state index contributed by atoms with van der Waals surface area (Å²) in [6, 6.07) is 5.23. The van der Waals surface area contributed by atoms with E-state index in [0.29, 0.717) is 43.7 Å². The Bertz CT molecular complexity index is 1540. The van der Waals surface area contributed by atoms with Crippen molar-refractivity contribution in [1.82, 2.24) is 29.5 Å². The van der Waals surface area contributed by atoms with Gasteiger partial charge in [0.2, 0.25) is 5.95 Å². The van der Waals surface area contributed by atoms with Crippen LogP contribution >= 0.6 is 0 Å². The van der Waals surface area contributed by atoms with E-state index in [-0.39, 0.29) is 43.2 Å². The molecule has 0 saturated carbocycles. The quantitative estimate of drug-likeness (QED) is 0.361. The van der Waals surface area contributed by atoms with Crippen LogP contribution in [-0.4, -0.2) is 78.9 Å². The largest absolute Gasteiger partial charge is 0.389 e. The molecular weight excluding hydrogens is 523 g/mol. The SMILES string of the molecule is CC(C)c1c(CN2CCCC(F)(F)C2)n2cnnc2c2ccc(-c3nc(N[C@@H]4CCOC[C@H]4O)ncc3F)cc12. The van der Waals surface area contributed by atoms with Crippen molar-refractivity contribution in [2.75, 3.05) is 31.6 Å². The number of pyridine rings is 1. The highest BCUT2D eigenvalue weighted by Gasteiger charge is 2.36. The van der Waals surface area contributed by atoms with Gasteiger partial charge >= 0.3 is 0 Å². The van der Waals surface area contributed by atoms with Crippen molar-refractivity contribution in [2.24, 2.45) is 0 Å². The average molecular weight is 556 g/mol. The number of fused-ring (bicyclic) bond motifs is 3. The minimum absolute atomic E-state index is 0.0346. The van der Waals surface area contributed by atoms with Gasteiger partial charge < -0.3 is 15.2 Å². The third-order valence-electron chi connectivity index (χ3n) is 7.78. The molecule has 0 spiro atoms. The lowest BCUT2D eigenvalue weighted by Gasteiger charge is -2.33. The van der Waals surface area contributed by atoms with Crippen molar-refractivity contribution in [3.8, 4) is 11.3 Å². The molecular formula is C28H32F3N7O2. The van der Waals surface area contributed by atoms with Gasteiger partial charge in [-0.05, 0) is 48.4 Å². The summed E-state index contributed by atoms with van der Waals surface area (Å²) < 4.78 is 50.8. The van der Waals surface area contributed by atoms with Crippen molar-refractivity contribution in [2.45, 2.75) is 63.6 Å². The molecule has 2 fully saturated rings. The second-order valence-corrected chi connectivity index (χ2v) is 11.0. The number of alkyl halides is 2. The molecule has 9 nitrogen and oxygen atoms in total. The normalized spacial score (nSPS) is 21.9. The molecule has 0 bridgehead atoms. The summed E-state index contributed by atoms with van der Waals surface area (Å²) in [5.74, 6) is -3.05. The molecule has 2 saturated heterocycles. The molecule has 2 atom stereocenters. The number of hydrogen-bond acceptors (Lipinski definition) is 8. The monoisotopic (exact) mass is 555 g/mol. The Balaban J connectivity index is 1.44. The van der Waals surface area contributed by atoms with E-state index >= 15 is 4.39 Å². The van der Waals surface area contributed by atoms with Gasteiger partial charge in [0, 0.05) is 36.2 Å². The Kier molecular flexibility index (Phi) is 7.09. The summed E-state index contributed by atoms with van der Waals surface area (Å²) in [7, 11) is 0. The number of anilines is 1. The van der Waals surface area contributed by atoms with Crippen LogP contribution in [0, 0.1) is 5.82 Å². The first kappa shape index (κ1) is 26.9. The number of likely N-dealkylation sites (tertiary alicyclic amines) is 1. The molecule has 6 rings (SSSR count). The van der Waals surface area contributed by atoms with Gasteiger partial charge in [0.25, 0.3) is 5.92 Å². The van der Waals surface area contributed by atoms with Crippen LogP contribution in [-0.2, 0) is 11.3 Å². The number of nitrogens with zero attached hydrogens (tertiary/aromatic N) is 6. The molecule has 0 unspecified atom stereocenters. The Morgan fingerprint density at radius 2 is 2.10 bits per heavy atom. The summed E-state index contributed by atoms with van der Waals surface area (Å²) >= 11 is 0. The van der Waals surface area contributed by atoms with Crippen LogP contribution in [0.1, 0.15) is 50.3 Å². The Labute approximate surface area is 229 Å². The van der Waals surface area contributed by atoms with E-state index in [4.69, 9.17) is 4.74 Å². The highest BCUT2D eigenvalue weighted by atomic mass is 19.3. The van der Waals surface area contributed by atoms with Crippen molar-refractivity contribution in [1.29, 1.82) is 0 Å². The van der Waals surface area contributed by atoms with Gasteiger partial charge in [-0.15, -0.1) is 10.2 Å². The van der Waals surface area contributed by atoms with Crippen LogP contribution in [0.15, 0.2) is 30.7 Å². The highest BCUT2D eigenvalue weighted by Crippen LogP contribution is 2.36. The molecule has 40 heavy (non-hydrogen) atoms. The second-order valence-electron chi connectivity index (χ2n) is 11.0. The van der Waals surface area contributed by atoms with E-state index in [1.54, 1.807) is 17.3 Å². The Morgan fingerprint density at radius 3 is 2.88 bits per heavy atom. The van der Waals surface area contributed by atoms with Gasteiger partial charge in [-0.25, -0.2) is 23.1 Å². The average Bonchev–Trinajstić information content (AvgIpc) is 3.40. The fourth-order valence-corrected chi connectivity index (χ4v) is 5.91. The lowest BCUT2D eigenvalue weighted by atomic mass is 9.92. The van der Waals surface area contributed by atoms with Crippen molar-refractivity contribution >= 4 is 22.4 Å². The first-order valence-corrected chi connectivity index (χ1v) is 13.6. The zero-order valence-electron chi connectivity index (χ0n) is 22.4. The van der Waals surface area contributed by atoms with Crippen LogP contribution in [0.2, 0.25) is 0 Å². The molecule has 2 aliphatic heterocycles. The zero-order chi connectivity index (χ0) is 28.0. The van der Waals surface area contributed by atoms with Crippen molar-refractivity contribution < 1.29 is 23.0 Å². The number of aliphatic hydroxyl groups is 1. The third-order valence-corrected chi connectivity index (χ3v) is 7.78. The molecule has 0 amide bonds. The summed E-state index contributed by atoms with van der Waals surface area (Å²) in [4.78, 5) is 10.3. The fourth-order valence-electron chi connectivity index (χ4n) is 5.91. The molecule has 2 N–H and O–H groups in total. The van der Waals surface area contributed by atoms with Crippen LogP contribution in [0.4, 0.5) is 19.1 Å². The van der Waals surface area contributed by atoms with E-state index in [1.807, 2.05) is 16.5 Å². The van der Waals surface area contributed by atoms with Gasteiger partial charge in [-0.3, -0.25) is 9.30 Å². The van der Waals surface area contributed by atoms with Gasteiger partial charge in [0.05, 0.1) is 31.5 Å². The van der Waals surface area contributed by atoms with E-state index in [1.165, 1.54) is 0 Å². The molecule has 12 heteroatoms. The standard InChI is InChI=1S/C28H32F3N7O2/c1-16(2)24-19-10-17(25-20(29)11-32-27(35-25)34-21-6-9-40-13-23(21)39)4-5-18(19)26-36-33-15-38(26)22(24)12-37-8-3-7-28(30,31)14-37/h4-5,10-11,15-16,21,23,39H,3,6-9,12-14H2,1-2H3,(H,32,34,35)/t21-,23-/m1/s1. The molecule has 0 aliphatic carbocycles. The number of nitrogens with one attached hydrogen (secondary N) is 1. The number of aromatic nitrogens is 5. The topological polar surface area (TPSA) is 101 Å². The first-order chi connectivity index (χ1) is 19.2. The van der Waals surface area contributed by atoms with Gasteiger partial charge in [-0.1, -0.05) is 19.9 Å². The molecule has 4 aromatic rings. The van der Waals surface area contributed by atoms with Gasteiger partial charge in [0.1, 0.15) is 12.0 Å². The number of halogens is 3. The lowest BCUT2D eigenvalue weighted by Crippen LogP contribution is -2.42. The van der Waals surface area contributed by atoms with Crippen LogP contribution in [0.25, 0.3) is 27.7 Å². The Morgan fingerprint density at radius 1 is 1.25 bits per heavy atom. The third kappa shape index (κ3) is 5.11. The lowest BCUT2D eigenvalue weighted by molar-refractivity contribution is -0.0664. The number of benzene rings is 1. The summed E-state index contributed by atoms with van der Waals surface area (Å²) in [6.45, 7) is 5.43. The number of piperidine rings is 1. The van der Waals surface area contributed by atoms with E-state index in [9.17, 15) is 13.9 Å². The maximum atomic E-state index is 15.1. The van der Waals surface area contributed by atoms with Crippen LogP contribution in [0.5, 0.6) is 0 Å². The molecule has 0 radical (unpaired) electrons. The van der Waals surface area contributed by atoms with E-state index < -0.39 is 17.8 Å². The van der Waals surface area contributed by atoms with E-state index in [2.05, 4.69) is 39.3 Å². The fraction of sp³-hybridized carbons (Fsp3) is 0.500. The predicted molar refractivity (Wildman–Crippen MR) is 144 cm³/mol. The summed E-state index contributed by atoms with van der Waals surface area (Å²) in [6.07, 6.45) is 2.93. The number of hydrogen-bond donors (Lipinski definition) is 2. The summed E-state index contributed by atoms with van der Waals surface area (Å²) in [5, 5.41) is 23.5. The molecule has 5 heterocycles. The van der Waals surface area contributed by atoms with E-state index in [0.717, 1.165) is 28.2 Å². The molecule has 3 aromatic heterocycles. The zero-order valence-corrected chi connectivity index (χ0v) is 22.4. The van der Waals surface area contributed by atoms with Crippen LogP contribution in [0.3, 0.4) is 0 Å². The smallest absolute Gasteiger partial charge is 0.260 e. The number of aliphatic hydroxyl groups excluding tert-OH is 1. The molecule has 1 aromatic carbocycles. The first-order valence-electron chi connectivity index (χ1n) is 13.6. The van der Waals surface area contributed by atoms with Crippen LogP contribution < -0.4 is 5.32 Å². The van der Waals surface area contributed by atoms with Gasteiger partial charge in [0.15, 0.2) is 11.5 Å². The van der Waals surface area contributed by atoms with Gasteiger partial charge in [-0.2, -0.15) is 0 Å².